The third kappa shape index (κ3) is 4.00. The van der Waals surface area contributed by atoms with Gasteiger partial charge in [0.1, 0.15) is 0 Å². The van der Waals surface area contributed by atoms with Gasteiger partial charge in [-0.2, -0.15) is 0 Å². The van der Waals surface area contributed by atoms with Gasteiger partial charge in [-0.25, -0.2) is 0 Å². The molecule has 1 N–H and O–H groups in total. The Labute approximate surface area is 126 Å². The second kappa shape index (κ2) is 7.70. The molecule has 1 aliphatic rings. The molecule has 0 saturated carbocycles. The second-order valence-electron chi connectivity index (χ2n) is 5.18. The van der Waals surface area contributed by atoms with E-state index in [1.54, 1.807) is 0 Å². The van der Waals surface area contributed by atoms with Crippen LogP contribution in [0.4, 0.5) is 5.69 Å². The fourth-order valence-electron chi connectivity index (χ4n) is 2.58. The zero-order chi connectivity index (χ0) is 14.4. The Morgan fingerprint density at radius 1 is 1.35 bits per heavy atom. The number of benzene rings is 1. The predicted octanol–water partition coefficient (Wildman–Crippen LogP) is 2.83. The van der Waals surface area contributed by atoms with Crippen molar-refractivity contribution >= 4 is 23.4 Å². The summed E-state index contributed by atoms with van der Waals surface area (Å²) < 4.78 is 0. The van der Waals surface area contributed by atoms with E-state index in [9.17, 15) is 4.79 Å². The normalized spacial score (nSPS) is 16.1. The van der Waals surface area contributed by atoms with E-state index >= 15 is 0 Å². The average Bonchev–Trinajstić information content (AvgIpc) is 2.49. The number of para-hydroxylation sites is 1. The van der Waals surface area contributed by atoms with Crippen molar-refractivity contribution in [3.05, 3.63) is 29.8 Å². The lowest BCUT2D eigenvalue weighted by Gasteiger charge is -2.25. The van der Waals surface area contributed by atoms with Crippen LogP contribution >= 0.6 is 11.8 Å². The second-order valence-corrected chi connectivity index (χ2v) is 6.47. The van der Waals surface area contributed by atoms with Gasteiger partial charge in [-0.05, 0) is 51.4 Å². The van der Waals surface area contributed by atoms with Gasteiger partial charge in [0.05, 0.1) is 5.75 Å². The molecule has 0 unspecified atom stereocenters. The van der Waals surface area contributed by atoms with Gasteiger partial charge in [0.2, 0.25) is 5.91 Å². The highest BCUT2D eigenvalue weighted by atomic mass is 32.2. The first-order chi connectivity index (χ1) is 9.72. The average molecular weight is 292 g/mol. The molecule has 0 spiro atoms. The number of piperidine rings is 1. The lowest BCUT2D eigenvalue weighted by atomic mass is 10.2. The van der Waals surface area contributed by atoms with Crippen molar-refractivity contribution in [1.82, 2.24) is 5.32 Å². The lowest BCUT2D eigenvalue weighted by Crippen LogP contribution is -2.34. The summed E-state index contributed by atoms with van der Waals surface area (Å²) in [5.41, 5.74) is 2.21. The Morgan fingerprint density at radius 3 is 2.70 bits per heavy atom. The van der Waals surface area contributed by atoms with Crippen LogP contribution in [0.1, 0.15) is 25.3 Å². The molecule has 0 aromatic heterocycles. The molecule has 0 atom stereocenters. The molecular formula is C16H24N2OS. The van der Waals surface area contributed by atoms with Gasteiger partial charge in [0.15, 0.2) is 0 Å². The molecule has 0 radical (unpaired) electrons. The van der Waals surface area contributed by atoms with E-state index in [0.29, 0.717) is 11.0 Å². The van der Waals surface area contributed by atoms with E-state index in [4.69, 9.17) is 0 Å². The number of hydrogen-bond donors (Lipinski definition) is 1. The van der Waals surface area contributed by atoms with Gasteiger partial charge >= 0.3 is 0 Å². The van der Waals surface area contributed by atoms with E-state index in [-0.39, 0.29) is 5.91 Å². The minimum absolute atomic E-state index is 0.227. The highest BCUT2D eigenvalue weighted by Crippen LogP contribution is 2.23. The van der Waals surface area contributed by atoms with E-state index in [0.717, 1.165) is 30.9 Å². The number of carbonyl (C=O) groups excluding carboxylic acids is 1. The summed E-state index contributed by atoms with van der Waals surface area (Å²) in [6, 6.07) is 8.11. The molecule has 3 nitrogen and oxygen atoms in total. The first-order valence-electron chi connectivity index (χ1n) is 7.40. The number of thioether (sulfide) groups is 1. The molecule has 0 aliphatic carbocycles. The van der Waals surface area contributed by atoms with Crippen LogP contribution in [0, 0.1) is 6.92 Å². The van der Waals surface area contributed by atoms with Crippen molar-refractivity contribution in [3.8, 4) is 0 Å². The van der Waals surface area contributed by atoms with Gasteiger partial charge in [0.25, 0.3) is 0 Å². The van der Waals surface area contributed by atoms with E-state index in [1.165, 1.54) is 12.8 Å². The molecule has 1 saturated heterocycles. The van der Waals surface area contributed by atoms with E-state index < -0.39 is 0 Å². The van der Waals surface area contributed by atoms with E-state index in [2.05, 4.69) is 18.3 Å². The molecule has 20 heavy (non-hydrogen) atoms. The summed E-state index contributed by atoms with van der Waals surface area (Å²) in [6.07, 6.45) is 2.35. The van der Waals surface area contributed by atoms with Crippen LogP contribution in [0.25, 0.3) is 0 Å². The summed E-state index contributed by atoms with van der Waals surface area (Å²) >= 11 is 1.82. The maximum absolute atomic E-state index is 12.5. The number of aryl methyl sites for hydroxylation is 1. The van der Waals surface area contributed by atoms with Crippen LogP contribution in [-0.4, -0.2) is 36.5 Å². The van der Waals surface area contributed by atoms with Gasteiger partial charge < -0.3 is 10.2 Å². The van der Waals surface area contributed by atoms with Crippen LogP contribution in [0.5, 0.6) is 0 Å². The molecule has 1 aliphatic heterocycles. The topological polar surface area (TPSA) is 32.3 Å². The minimum Gasteiger partial charge on any atom is -0.317 e. The largest absolute Gasteiger partial charge is 0.317 e. The summed E-state index contributed by atoms with van der Waals surface area (Å²) in [6.45, 7) is 7.00. The minimum atomic E-state index is 0.227. The SMILES string of the molecule is CCN(C(=O)CSC1CCNCC1)c1ccccc1C. The van der Waals surface area contributed by atoms with Gasteiger partial charge in [-0.15, -0.1) is 11.8 Å². The van der Waals surface area contributed by atoms with Crippen molar-refractivity contribution in [2.45, 2.75) is 31.9 Å². The van der Waals surface area contributed by atoms with Crippen LogP contribution in [0.15, 0.2) is 24.3 Å². The van der Waals surface area contributed by atoms with Gasteiger partial charge in [-0.1, -0.05) is 18.2 Å². The lowest BCUT2D eigenvalue weighted by molar-refractivity contribution is -0.116. The van der Waals surface area contributed by atoms with Crippen molar-refractivity contribution in [3.63, 3.8) is 0 Å². The Hall–Kier alpha value is -1.00. The molecule has 110 valence electrons. The third-order valence-corrected chi connectivity index (χ3v) is 5.11. The Balaban J connectivity index is 1.93. The Bertz CT molecular complexity index is 444. The smallest absolute Gasteiger partial charge is 0.236 e. The number of anilines is 1. The van der Waals surface area contributed by atoms with Gasteiger partial charge in [0, 0.05) is 17.5 Å². The monoisotopic (exact) mass is 292 g/mol. The summed E-state index contributed by atoms with van der Waals surface area (Å²) in [7, 11) is 0. The molecule has 0 bridgehead atoms. The van der Waals surface area contributed by atoms with E-state index in [1.807, 2.05) is 41.8 Å². The van der Waals surface area contributed by atoms with Crippen molar-refractivity contribution in [2.24, 2.45) is 0 Å². The molecule has 4 heteroatoms. The van der Waals surface area contributed by atoms with Gasteiger partial charge in [-0.3, -0.25) is 4.79 Å². The first kappa shape index (κ1) is 15.4. The Morgan fingerprint density at radius 2 is 2.05 bits per heavy atom. The van der Waals surface area contributed by atoms with Crippen LogP contribution in [-0.2, 0) is 4.79 Å². The van der Waals surface area contributed by atoms with Crippen molar-refractivity contribution < 1.29 is 4.79 Å². The summed E-state index contributed by atoms with van der Waals surface area (Å²) in [4.78, 5) is 14.4. The molecule has 1 aromatic rings. The maximum Gasteiger partial charge on any atom is 0.236 e. The van der Waals surface area contributed by atoms with Crippen LogP contribution in [0.2, 0.25) is 0 Å². The standard InChI is InChI=1S/C16H24N2OS/c1-3-18(15-7-5-4-6-13(15)2)16(19)12-20-14-8-10-17-11-9-14/h4-7,14,17H,3,8-12H2,1-2H3. The zero-order valence-corrected chi connectivity index (χ0v) is 13.2. The third-order valence-electron chi connectivity index (χ3n) is 3.75. The molecular weight excluding hydrogens is 268 g/mol. The maximum atomic E-state index is 12.5. The fraction of sp³-hybridized carbons (Fsp3) is 0.562. The molecule has 2 rings (SSSR count). The number of nitrogens with one attached hydrogen (secondary N) is 1. The quantitative estimate of drug-likeness (QED) is 0.906. The number of nitrogens with zero attached hydrogens (tertiary/aromatic N) is 1. The van der Waals surface area contributed by atoms with Crippen molar-refractivity contribution in [1.29, 1.82) is 0 Å². The Kier molecular flexibility index (Phi) is 5.92. The summed E-state index contributed by atoms with van der Waals surface area (Å²) in [5, 5.41) is 4.00. The number of hydrogen-bond acceptors (Lipinski definition) is 3. The number of rotatable bonds is 5. The van der Waals surface area contributed by atoms with Crippen LogP contribution < -0.4 is 10.2 Å². The highest BCUT2D eigenvalue weighted by molar-refractivity contribution is 8.00. The number of amides is 1. The molecule has 1 aromatic carbocycles. The van der Waals surface area contributed by atoms with Crippen molar-refractivity contribution in [2.75, 3.05) is 30.3 Å². The fourth-order valence-corrected chi connectivity index (χ4v) is 3.68. The zero-order valence-electron chi connectivity index (χ0n) is 12.4. The van der Waals surface area contributed by atoms with Crippen LogP contribution in [0.3, 0.4) is 0 Å². The number of carbonyl (C=O) groups is 1. The highest BCUT2D eigenvalue weighted by Gasteiger charge is 2.19. The molecule has 1 fully saturated rings. The predicted molar refractivity (Wildman–Crippen MR) is 87.6 cm³/mol. The summed E-state index contributed by atoms with van der Waals surface area (Å²) in [5.74, 6) is 0.817. The molecule has 1 amide bonds. The first-order valence-corrected chi connectivity index (χ1v) is 8.45. The molecule has 1 heterocycles.